The van der Waals surface area contributed by atoms with E-state index in [2.05, 4.69) is 15.6 Å². The number of carbonyl (C=O) groups is 1. The first-order valence-electron chi connectivity index (χ1n) is 7.78. The summed E-state index contributed by atoms with van der Waals surface area (Å²) in [4.78, 5) is 16.5. The first-order chi connectivity index (χ1) is 13.0. The summed E-state index contributed by atoms with van der Waals surface area (Å²) in [5.74, 6) is -1.44. The van der Waals surface area contributed by atoms with E-state index in [9.17, 15) is 13.6 Å². The van der Waals surface area contributed by atoms with E-state index >= 15 is 0 Å². The number of methoxy groups -OCH3 is 1. The fourth-order valence-electron chi connectivity index (χ4n) is 2.35. The molecule has 1 heterocycles. The summed E-state index contributed by atoms with van der Waals surface area (Å²) in [6.07, 6.45) is 2.78. The van der Waals surface area contributed by atoms with Gasteiger partial charge < -0.3 is 15.4 Å². The van der Waals surface area contributed by atoms with Gasteiger partial charge in [-0.1, -0.05) is 11.6 Å². The second kappa shape index (κ2) is 8.01. The lowest BCUT2D eigenvalue weighted by atomic mass is 10.2. The van der Waals surface area contributed by atoms with Crippen molar-refractivity contribution in [2.45, 2.75) is 0 Å². The van der Waals surface area contributed by atoms with E-state index in [1.807, 2.05) is 0 Å². The molecule has 0 aliphatic heterocycles. The molecule has 0 aliphatic carbocycles. The van der Waals surface area contributed by atoms with Gasteiger partial charge in [-0.05, 0) is 36.4 Å². The van der Waals surface area contributed by atoms with E-state index in [0.29, 0.717) is 22.1 Å². The second-order valence-electron chi connectivity index (χ2n) is 5.51. The summed E-state index contributed by atoms with van der Waals surface area (Å²) in [7, 11) is 1.47. The Morgan fingerprint density at radius 3 is 2.63 bits per heavy atom. The summed E-state index contributed by atoms with van der Waals surface area (Å²) >= 11 is 5.95. The van der Waals surface area contributed by atoms with Crippen LogP contribution in [0.2, 0.25) is 5.02 Å². The van der Waals surface area contributed by atoms with E-state index in [1.165, 1.54) is 31.6 Å². The number of amides is 1. The summed E-state index contributed by atoms with van der Waals surface area (Å²) in [5.41, 5.74) is 1.06. The number of aromatic nitrogens is 1. The Balaban J connectivity index is 1.81. The lowest BCUT2D eigenvalue weighted by molar-refractivity contribution is 0.102. The molecule has 0 saturated carbocycles. The summed E-state index contributed by atoms with van der Waals surface area (Å²) in [6, 6.07) is 9.46. The third-order valence-corrected chi connectivity index (χ3v) is 3.86. The molecule has 1 aromatic heterocycles. The number of anilines is 3. The Labute approximate surface area is 159 Å². The van der Waals surface area contributed by atoms with Crippen LogP contribution >= 0.6 is 11.6 Å². The van der Waals surface area contributed by atoms with E-state index in [4.69, 9.17) is 16.3 Å². The van der Waals surface area contributed by atoms with Crippen molar-refractivity contribution in [3.8, 4) is 5.75 Å². The SMILES string of the molecule is COc1ccc(Cl)cc1NC(=O)c1cncc(Nc2ccc(F)cc2F)c1. The van der Waals surface area contributed by atoms with Crippen LogP contribution < -0.4 is 15.4 Å². The standard InChI is InChI=1S/C19H14ClF2N3O2/c1-27-18-5-2-12(20)7-17(18)25-19(26)11-6-14(10-23-9-11)24-16-4-3-13(21)8-15(16)22/h2-10,24H,1H3,(H,25,26). The lowest BCUT2D eigenvalue weighted by Gasteiger charge is -2.12. The van der Waals surface area contributed by atoms with E-state index in [0.717, 1.165) is 12.1 Å². The van der Waals surface area contributed by atoms with Gasteiger partial charge >= 0.3 is 0 Å². The van der Waals surface area contributed by atoms with Crippen LogP contribution in [0.25, 0.3) is 0 Å². The van der Waals surface area contributed by atoms with Crippen LogP contribution in [0.1, 0.15) is 10.4 Å². The van der Waals surface area contributed by atoms with Crippen molar-refractivity contribution in [1.82, 2.24) is 4.98 Å². The quantitative estimate of drug-likeness (QED) is 0.643. The zero-order chi connectivity index (χ0) is 19.4. The van der Waals surface area contributed by atoms with Gasteiger partial charge in [0.1, 0.15) is 17.4 Å². The lowest BCUT2D eigenvalue weighted by Crippen LogP contribution is -2.13. The predicted molar refractivity (Wildman–Crippen MR) is 99.8 cm³/mol. The van der Waals surface area contributed by atoms with Crippen molar-refractivity contribution in [2.75, 3.05) is 17.7 Å². The molecular formula is C19H14ClF2N3O2. The number of benzene rings is 2. The molecule has 0 fully saturated rings. The summed E-state index contributed by atoms with van der Waals surface area (Å²) in [6.45, 7) is 0. The highest BCUT2D eigenvalue weighted by Crippen LogP contribution is 2.28. The van der Waals surface area contributed by atoms with Crippen LogP contribution in [0, 0.1) is 11.6 Å². The average molecular weight is 390 g/mol. The van der Waals surface area contributed by atoms with Crippen LogP contribution in [0.5, 0.6) is 5.75 Å². The zero-order valence-electron chi connectivity index (χ0n) is 14.1. The molecule has 0 bridgehead atoms. The molecule has 8 heteroatoms. The van der Waals surface area contributed by atoms with Gasteiger partial charge in [-0.3, -0.25) is 9.78 Å². The molecule has 0 unspecified atom stereocenters. The number of nitrogens with zero attached hydrogens (tertiary/aromatic N) is 1. The fraction of sp³-hybridized carbons (Fsp3) is 0.0526. The van der Waals surface area contributed by atoms with Crippen LogP contribution in [-0.2, 0) is 0 Å². The predicted octanol–water partition coefficient (Wildman–Crippen LogP) is 5.02. The number of hydrogen-bond donors (Lipinski definition) is 2. The summed E-state index contributed by atoms with van der Waals surface area (Å²) < 4.78 is 32.0. The molecule has 0 spiro atoms. The van der Waals surface area contributed by atoms with Gasteiger partial charge in [0, 0.05) is 17.3 Å². The van der Waals surface area contributed by atoms with Crippen molar-refractivity contribution < 1.29 is 18.3 Å². The van der Waals surface area contributed by atoms with Gasteiger partial charge in [0.05, 0.1) is 35.9 Å². The fourth-order valence-corrected chi connectivity index (χ4v) is 2.52. The smallest absolute Gasteiger partial charge is 0.257 e. The van der Waals surface area contributed by atoms with E-state index in [1.54, 1.807) is 18.2 Å². The molecule has 0 saturated heterocycles. The Morgan fingerprint density at radius 2 is 1.89 bits per heavy atom. The molecule has 138 valence electrons. The van der Waals surface area contributed by atoms with Crippen LogP contribution in [0.3, 0.4) is 0 Å². The second-order valence-corrected chi connectivity index (χ2v) is 5.95. The number of rotatable bonds is 5. The highest BCUT2D eigenvalue weighted by atomic mass is 35.5. The minimum absolute atomic E-state index is 0.0623. The highest BCUT2D eigenvalue weighted by molar-refractivity contribution is 6.31. The Bertz CT molecular complexity index is 998. The van der Waals surface area contributed by atoms with Gasteiger partial charge in [-0.2, -0.15) is 0 Å². The molecule has 1 amide bonds. The third-order valence-electron chi connectivity index (χ3n) is 3.62. The molecule has 5 nitrogen and oxygen atoms in total. The average Bonchev–Trinajstić information content (AvgIpc) is 2.64. The number of halogens is 3. The largest absolute Gasteiger partial charge is 0.495 e. The number of nitrogens with one attached hydrogen (secondary N) is 2. The molecule has 0 aliphatic rings. The Hall–Kier alpha value is -3.19. The van der Waals surface area contributed by atoms with Crippen molar-refractivity contribution in [2.24, 2.45) is 0 Å². The van der Waals surface area contributed by atoms with Gasteiger partial charge in [0.2, 0.25) is 0 Å². The molecule has 2 N–H and O–H groups in total. The van der Waals surface area contributed by atoms with Crippen LogP contribution in [-0.4, -0.2) is 18.0 Å². The zero-order valence-corrected chi connectivity index (χ0v) is 14.8. The molecule has 2 aromatic carbocycles. The van der Waals surface area contributed by atoms with Gasteiger partial charge in [0.25, 0.3) is 5.91 Å². The molecular weight excluding hydrogens is 376 g/mol. The minimum Gasteiger partial charge on any atom is -0.495 e. The maximum atomic E-state index is 13.8. The van der Waals surface area contributed by atoms with Gasteiger partial charge in [-0.15, -0.1) is 0 Å². The maximum Gasteiger partial charge on any atom is 0.257 e. The van der Waals surface area contributed by atoms with Crippen molar-refractivity contribution in [1.29, 1.82) is 0 Å². The normalized spacial score (nSPS) is 10.4. The molecule has 0 radical (unpaired) electrons. The van der Waals surface area contributed by atoms with Gasteiger partial charge in [-0.25, -0.2) is 8.78 Å². The number of carbonyl (C=O) groups excluding carboxylic acids is 1. The Morgan fingerprint density at radius 1 is 1.07 bits per heavy atom. The van der Waals surface area contributed by atoms with Gasteiger partial charge in [0.15, 0.2) is 0 Å². The van der Waals surface area contributed by atoms with Crippen molar-refractivity contribution in [3.05, 3.63) is 77.1 Å². The maximum absolute atomic E-state index is 13.8. The molecule has 0 atom stereocenters. The first kappa shape index (κ1) is 18.6. The monoisotopic (exact) mass is 389 g/mol. The number of ether oxygens (including phenoxy) is 1. The van der Waals surface area contributed by atoms with E-state index < -0.39 is 17.5 Å². The molecule has 3 rings (SSSR count). The van der Waals surface area contributed by atoms with Crippen molar-refractivity contribution in [3.63, 3.8) is 0 Å². The molecule has 27 heavy (non-hydrogen) atoms. The number of hydrogen-bond acceptors (Lipinski definition) is 4. The third kappa shape index (κ3) is 4.51. The number of pyridine rings is 1. The summed E-state index contributed by atoms with van der Waals surface area (Å²) in [5, 5.41) is 5.89. The minimum atomic E-state index is -0.756. The molecule has 3 aromatic rings. The van der Waals surface area contributed by atoms with Crippen LogP contribution in [0.4, 0.5) is 25.8 Å². The first-order valence-corrected chi connectivity index (χ1v) is 8.16. The van der Waals surface area contributed by atoms with Crippen LogP contribution in [0.15, 0.2) is 54.9 Å². The Kier molecular flexibility index (Phi) is 5.52. The van der Waals surface area contributed by atoms with E-state index in [-0.39, 0.29) is 11.3 Å². The van der Waals surface area contributed by atoms with Crippen molar-refractivity contribution >= 4 is 34.6 Å². The topological polar surface area (TPSA) is 63.2 Å². The highest BCUT2D eigenvalue weighted by Gasteiger charge is 2.12.